The van der Waals surface area contributed by atoms with Crippen LogP contribution >= 0.6 is 74.4 Å². The van der Waals surface area contributed by atoms with Crippen LogP contribution in [-0.2, 0) is 21.1 Å². The van der Waals surface area contributed by atoms with E-state index in [1.165, 1.54) is 0 Å². The molecule has 0 rings (SSSR count). The number of hydrogen-bond acceptors (Lipinski definition) is 0. The van der Waals surface area contributed by atoms with E-state index in [1.807, 2.05) is 0 Å². The van der Waals surface area contributed by atoms with Crippen LogP contribution < -0.4 is 0 Å². The van der Waals surface area contributed by atoms with Crippen molar-refractivity contribution in [2.45, 2.75) is 0 Å². The third kappa shape index (κ3) is 59.1. The fraction of sp³-hybridized carbons (Fsp3) is 0. The minimum atomic E-state index is 0. The zero-order valence-electron chi connectivity index (χ0n) is 2.86. The topological polar surface area (TPSA) is 0 Å². The molecule has 0 unspecified atom stereocenters. The van der Waals surface area contributed by atoms with E-state index in [9.17, 15) is 0 Å². The average Bonchev–Trinajstić information content (AvgIpc) is 0. The molecule has 0 aliphatic heterocycles. The van der Waals surface area contributed by atoms with Gasteiger partial charge in [-0.15, -0.1) is 74.4 Å². The standard InChI is InChI=1S/6ClH.Mo/h6*1H;. The largest absolute Gasteiger partial charge is 0.147 e. The smallest absolute Gasteiger partial charge is 0 e. The molecule has 0 heterocycles. The molecule has 0 fully saturated rings. The zero-order chi connectivity index (χ0) is 0. The van der Waals surface area contributed by atoms with Gasteiger partial charge in [0, 0.05) is 21.1 Å². The van der Waals surface area contributed by atoms with Gasteiger partial charge in [0.05, 0.1) is 0 Å². The van der Waals surface area contributed by atoms with Crippen molar-refractivity contribution in [1.82, 2.24) is 0 Å². The minimum Gasteiger partial charge on any atom is -0.147 e. The Balaban J connectivity index is 0. The molecule has 0 aromatic carbocycles. The third-order valence-corrected chi connectivity index (χ3v) is 0. The van der Waals surface area contributed by atoms with Crippen LogP contribution in [0.3, 0.4) is 0 Å². The van der Waals surface area contributed by atoms with E-state index < -0.39 is 0 Å². The van der Waals surface area contributed by atoms with Crippen LogP contribution in [-0.4, -0.2) is 0 Å². The van der Waals surface area contributed by atoms with Crippen LogP contribution in [0.1, 0.15) is 0 Å². The van der Waals surface area contributed by atoms with E-state index in [0.717, 1.165) is 0 Å². The van der Waals surface area contributed by atoms with Gasteiger partial charge in [-0.3, -0.25) is 0 Å². The van der Waals surface area contributed by atoms with Crippen molar-refractivity contribution < 1.29 is 21.1 Å². The Bertz CT molecular complexity index is 4.14. The second-order valence-electron chi connectivity index (χ2n) is 0. The summed E-state index contributed by atoms with van der Waals surface area (Å²) in [6.07, 6.45) is 0. The molecule has 0 nitrogen and oxygen atoms in total. The summed E-state index contributed by atoms with van der Waals surface area (Å²) in [6.45, 7) is 0. The van der Waals surface area contributed by atoms with Gasteiger partial charge in [-0.25, -0.2) is 0 Å². The summed E-state index contributed by atoms with van der Waals surface area (Å²) < 4.78 is 0. The van der Waals surface area contributed by atoms with Crippen molar-refractivity contribution in [2.75, 3.05) is 0 Å². The first-order chi connectivity index (χ1) is 0. The van der Waals surface area contributed by atoms with Crippen molar-refractivity contribution in [3.8, 4) is 0 Å². The van der Waals surface area contributed by atoms with Crippen molar-refractivity contribution >= 4 is 74.4 Å². The first-order valence-electron chi connectivity index (χ1n) is 0. The van der Waals surface area contributed by atoms with Crippen LogP contribution in [0.15, 0.2) is 0 Å². The molecular formula is H6Cl6Mo. The molecular weight excluding hydrogens is 309 g/mol. The molecule has 0 aromatic heterocycles. The summed E-state index contributed by atoms with van der Waals surface area (Å²) in [6, 6.07) is 0. The third-order valence-electron chi connectivity index (χ3n) is 0. The van der Waals surface area contributed by atoms with Gasteiger partial charge in [0.2, 0.25) is 0 Å². The summed E-state index contributed by atoms with van der Waals surface area (Å²) in [5, 5.41) is 0. The molecule has 0 bridgehead atoms. The predicted molar refractivity (Wildman–Crippen MR) is 43.5 cm³/mol. The molecule has 0 aliphatic rings. The molecule has 54 valence electrons. The molecule has 0 aromatic rings. The van der Waals surface area contributed by atoms with Gasteiger partial charge in [-0.05, 0) is 0 Å². The van der Waals surface area contributed by atoms with Gasteiger partial charge in [0.25, 0.3) is 0 Å². The van der Waals surface area contributed by atoms with Crippen molar-refractivity contribution in [3.05, 3.63) is 0 Å². The van der Waals surface area contributed by atoms with E-state index in [1.54, 1.807) is 0 Å². The molecule has 7 heteroatoms. The zero-order valence-corrected chi connectivity index (χ0v) is 9.76. The van der Waals surface area contributed by atoms with Crippen LogP contribution in [0.4, 0.5) is 0 Å². The van der Waals surface area contributed by atoms with Crippen molar-refractivity contribution in [2.24, 2.45) is 0 Å². The Morgan fingerprint density at radius 1 is 0.286 bits per heavy atom. The Kier molecular flexibility index (Phi) is 1280. The molecule has 0 spiro atoms. The Morgan fingerprint density at radius 2 is 0.286 bits per heavy atom. The van der Waals surface area contributed by atoms with E-state index in [-0.39, 0.29) is 95.5 Å². The van der Waals surface area contributed by atoms with Gasteiger partial charge in [0.15, 0.2) is 0 Å². The monoisotopic (exact) mass is 314 g/mol. The molecule has 0 atom stereocenters. The SMILES string of the molecule is Cl.Cl.Cl.Cl.Cl.Cl.[Mo]. The van der Waals surface area contributed by atoms with Crippen LogP contribution in [0.25, 0.3) is 0 Å². The molecule has 0 N–H and O–H groups in total. The summed E-state index contributed by atoms with van der Waals surface area (Å²) in [5.41, 5.74) is 0. The number of hydrogen-bond donors (Lipinski definition) is 0. The maximum absolute atomic E-state index is 0. The summed E-state index contributed by atoms with van der Waals surface area (Å²) in [7, 11) is 0. The maximum atomic E-state index is 0. The Hall–Kier alpha value is 2.43. The summed E-state index contributed by atoms with van der Waals surface area (Å²) in [5.74, 6) is 0. The van der Waals surface area contributed by atoms with Gasteiger partial charge >= 0.3 is 0 Å². The van der Waals surface area contributed by atoms with Crippen LogP contribution in [0.5, 0.6) is 0 Å². The minimum absolute atomic E-state index is 0. The molecule has 0 radical (unpaired) electrons. The fourth-order valence-corrected chi connectivity index (χ4v) is 0. The quantitative estimate of drug-likeness (QED) is 0.603. The molecule has 0 saturated carbocycles. The van der Waals surface area contributed by atoms with E-state index >= 15 is 0 Å². The summed E-state index contributed by atoms with van der Waals surface area (Å²) >= 11 is 0. The van der Waals surface area contributed by atoms with Gasteiger partial charge in [-0.1, -0.05) is 0 Å². The Morgan fingerprint density at radius 3 is 0.286 bits per heavy atom. The number of halogens is 6. The average molecular weight is 315 g/mol. The van der Waals surface area contributed by atoms with Crippen molar-refractivity contribution in [3.63, 3.8) is 0 Å². The maximum Gasteiger partial charge on any atom is 0 e. The van der Waals surface area contributed by atoms with E-state index in [2.05, 4.69) is 0 Å². The fourth-order valence-electron chi connectivity index (χ4n) is 0. The molecule has 7 heavy (non-hydrogen) atoms. The van der Waals surface area contributed by atoms with Gasteiger partial charge in [0.1, 0.15) is 0 Å². The molecule has 0 aliphatic carbocycles. The van der Waals surface area contributed by atoms with E-state index in [0.29, 0.717) is 0 Å². The van der Waals surface area contributed by atoms with Gasteiger partial charge < -0.3 is 0 Å². The molecule has 0 amide bonds. The summed E-state index contributed by atoms with van der Waals surface area (Å²) in [4.78, 5) is 0. The van der Waals surface area contributed by atoms with Gasteiger partial charge in [-0.2, -0.15) is 0 Å². The second-order valence-corrected chi connectivity index (χ2v) is 0. The van der Waals surface area contributed by atoms with E-state index in [4.69, 9.17) is 0 Å². The predicted octanol–water partition coefficient (Wildman–Crippen LogP) is 2.53. The first-order valence-corrected chi connectivity index (χ1v) is 0. The normalized spacial score (nSPS) is 0. The molecule has 0 saturated heterocycles. The van der Waals surface area contributed by atoms with Crippen LogP contribution in [0, 0.1) is 0 Å². The van der Waals surface area contributed by atoms with Crippen molar-refractivity contribution in [1.29, 1.82) is 0 Å². The van der Waals surface area contributed by atoms with Crippen LogP contribution in [0.2, 0.25) is 0 Å². The Labute approximate surface area is 94.7 Å². The first kappa shape index (κ1) is 114. The number of rotatable bonds is 0. The second kappa shape index (κ2) is 78.9.